The van der Waals surface area contributed by atoms with Gasteiger partial charge in [-0.2, -0.15) is 0 Å². The zero-order valence-electron chi connectivity index (χ0n) is 10.0. The van der Waals surface area contributed by atoms with Gasteiger partial charge in [0.15, 0.2) is 0 Å². The Morgan fingerprint density at radius 3 is 2.44 bits per heavy atom. The van der Waals surface area contributed by atoms with E-state index in [1.54, 1.807) is 0 Å². The molecule has 1 rings (SSSR count). The minimum atomic E-state index is -0.980. The van der Waals surface area contributed by atoms with Crippen LogP contribution in [0.15, 0.2) is 0 Å². The van der Waals surface area contributed by atoms with E-state index in [9.17, 15) is 9.59 Å². The smallest absolute Gasteiger partial charge is 0.326 e. The largest absolute Gasteiger partial charge is 0.480 e. The number of carbonyl (C=O) groups excluding carboxylic acids is 1. The van der Waals surface area contributed by atoms with Crippen molar-refractivity contribution in [2.45, 2.75) is 52.1 Å². The summed E-state index contributed by atoms with van der Waals surface area (Å²) in [6.45, 7) is 6.02. The van der Waals surface area contributed by atoms with Crippen LogP contribution in [0.1, 0.15) is 40.0 Å². The van der Waals surface area contributed by atoms with Gasteiger partial charge >= 0.3 is 12.0 Å². The van der Waals surface area contributed by atoms with Gasteiger partial charge in [0.05, 0.1) is 0 Å². The maximum Gasteiger partial charge on any atom is 0.326 e. The molecule has 0 aromatic rings. The molecule has 1 aliphatic carbocycles. The molecule has 0 aromatic carbocycles. The van der Waals surface area contributed by atoms with Crippen LogP contribution in [0.2, 0.25) is 0 Å². The standard InChI is InChI=1S/C11H20N2O3/c1-4-5-7(9(14)15)12-10(16)13-8-6-11(8,2)3/h7-8H,4-6H2,1-3H3,(H,14,15)(H2,12,13,16)/t7-,8?/m0/s1. The fourth-order valence-corrected chi connectivity index (χ4v) is 1.62. The van der Waals surface area contributed by atoms with Crippen LogP contribution in [0.25, 0.3) is 0 Å². The van der Waals surface area contributed by atoms with E-state index in [1.165, 1.54) is 0 Å². The molecule has 1 unspecified atom stereocenters. The highest BCUT2D eigenvalue weighted by molar-refractivity contribution is 5.82. The number of carboxylic acids is 1. The average Bonchev–Trinajstić information content (AvgIpc) is 2.72. The van der Waals surface area contributed by atoms with Gasteiger partial charge in [-0.1, -0.05) is 27.2 Å². The average molecular weight is 228 g/mol. The molecule has 2 atom stereocenters. The summed E-state index contributed by atoms with van der Waals surface area (Å²) in [5, 5.41) is 14.1. The van der Waals surface area contributed by atoms with Crippen LogP contribution in [-0.2, 0) is 4.79 Å². The molecule has 1 saturated carbocycles. The van der Waals surface area contributed by atoms with Crippen molar-refractivity contribution in [2.75, 3.05) is 0 Å². The molecule has 5 nitrogen and oxygen atoms in total. The molecule has 0 saturated heterocycles. The molecule has 5 heteroatoms. The lowest BCUT2D eigenvalue weighted by atomic mass is 10.2. The second-order valence-corrected chi connectivity index (χ2v) is 5.04. The number of hydrogen-bond donors (Lipinski definition) is 3. The first-order valence-corrected chi connectivity index (χ1v) is 5.66. The van der Waals surface area contributed by atoms with Crippen LogP contribution in [0.5, 0.6) is 0 Å². The highest BCUT2D eigenvalue weighted by Crippen LogP contribution is 2.44. The Morgan fingerprint density at radius 2 is 2.06 bits per heavy atom. The normalized spacial score (nSPS) is 23.3. The van der Waals surface area contributed by atoms with E-state index in [2.05, 4.69) is 24.5 Å². The van der Waals surface area contributed by atoms with Crippen molar-refractivity contribution >= 4 is 12.0 Å². The fraction of sp³-hybridized carbons (Fsp3) is 0.818. The number of carboxylic acid groups (broad SMARTS) is 1. The first-order valence-electron chi connectivity index (χ1n) is 5.66. The van der Waals surface area contributed by atoms with Crippen LogP contribution >= 0.6 is 0 Å². The number of amides is 2. The highest BCUT2D eigenvalue weighted by Gasteiger charge is 2.46. The van der Waals surface area contributed by atoms with E-state index in [-0.39, 0.29) is 17.5 Å². The van der Waals surface area contributed by atoms with Crippen molar-refractivity contribution < 1.29 is 14.7 Å². The van der Waals surface area contributed by atoms with Gasteiger partial charge in [-0.05, 0) is 18.3 Å². The number of aliphatic carboxylic acids is 1. The molecule has 3 N–H and O–H groups in total. The van der Waals surface area contributed by atoms with E-state index in [0.29, 0.717) is 6.42 Å². The molecule has 92 valence electrons. The van der Waals surface area contributed by atoms with Crippen molar-refractivity contribution in [3.8, 4) is 0 Å². The Kier molecular flexibility index (Phi) is 3.78. The highest BCUT2D eigenvalue weighted by atomic mass is 16.4. The predicted octanol–water partition coefficient (Wildman–Crippen LogP) is 1.34. The van der Waals surface area contributed by atoms with E-state index < -0.39 is 12.0 Å². The topological polar surface area (TPSA) is 78.4 Å². The monoisotopic (exact) mass is 228 g/mol. The number of hydrogen-bond acceptors (Lipinski definition) is 2. The van der Waals surface area contributed by atoms with E-state index >= 15 is 0 Å². The molecular formula is C11H20N2O3. The molecule has 0 aliphatic heterocycles. The van der Waals surface area contributed by atoms with Crippen LogP contribution in [0, 0.1) is 5.41 Å². The van der Waals surface area contributed by atoms with Gasteiger partial charge in [0.2, 0.25) is 0 Å². The van der Waals surface area contributed by atoms with Crippen molar-refractivity contribution in [3.63, 3.8) is 0 Å². The Morgan fingerprint density at radius 1 is 1.50 bits per heavy atom. The molecule has 16 heavy (non-hydrogen) atoms. The zero-order valence-corrected chi connectivity index (χ0v) is 10.0. The quantitative estimate of drug-likeness (QED) is 0.664. The van der Waals surface area contributed by atoms with E-state index in [0.717, 1.165) is 12.8 Å². The van der Waals surface area contributed by atoms with Crippen molar-refractivity contribution in [2.24, 2.45) is 5.41 Å². The third kappa shape index (κ3) is 3.40. The molecule has 1 aliphatic rings. The van der Waals surface area contributed by atoms with Crippen molar-refractivity contribution in [1.82, 2.24) is 10.6 Å². The second-order valence-electron chi connectivity index (χ2n) is 5.04. The summed E-state index contributed by atoms with van der Waals surface area (Å²) in [5.41, 5.74) is 0.154. The zero-order chi connectivity index (χ0) is 12.3. The first kappa shape index (κ1) is 12.8. The van der Waals surface area contributed by atoms with Crippen LogP contribution < -0.4 is 10.6 Å². The number of nitrogens with one attached hydrogen (secondary N) is 2. The first-order chi connectivity index (χ1) is 7.36. The molecular weight excluding hydrogens is 208 g/mol. The molecule has 2 amide bonds. The molecule has 0 spiro atoms. The van der Waals surface area contributed by atoms with Crippen LogP contribution in [0.4, 0.5) is 4.79 Å². The van der Waals surface area contributed by atoms with Gasteiger partial charge in [0.25, 0.3) is 0 Å². The summed E-state index contributed by atoms with van der Waals surface area (Å²) >= 11 is 0. The Labute approximate surface area is 95.6 Å². The fourth-order valence-electron chi connectivity index (χ4n) is 1.62. The third-order valence-electron chi connectivity index (χ3n) is 3.00. The Balaban J connectivity index is 2.34. The molecule has 0 heterocycles. The molecule has 0 aromatic heterocycles. The predicted molar refractivity (Wildman–Crippen MR) is 60.2 cm³/mol. The Bertz CT molecular complexity index is 289. The Hall–Kier alpha value is -1.26. The van der Waals surface area contributed by atoms with Gasteiger partial charge in [-0.3, -0.25) is 0 Å². The minimum Gasteiger partial charge on any atom is -0.480 e. The second kappa shape index (κ2) is 4.72. The number of carbonyl (C=O) groups is 2. The van der Waals surface area contributed by atoms with Gasteiger partial charge < -0.3 is 15.7 Å². The summed E-state index contributed by atoms with van der Waals surface area (Å²) < 4.78 is 0. The van der Waals surface area contributed by atoms with E-state index in [4.69, 9.17) is 5.11 Å². The summed E-state index contributed by atoms with van der Waals surface area (Å²) in [4.78, 5) is 22.3. The van der Waals surface area contributed by atoms with Gasteiger partial charge in [-0.15, -0.1) is 0 Å². The number of urea groups is 1. The van der Waals surface area contributed by atoms with Crippen LogP contribution in [-0.4, -0.2) is 29.2 Å². The van der Waals surface area contributed by atoms with Gasteiger partial charge in [0.1, 0.15) is 6.04 Å². The molecule has 0 bridgehead atoms. The number of rotatable bonds is 5. The molecule has 1 fully saturated rings. The maximum absolute atomic E-state index is 11.5. The van der Waals surface area contributed by atoms with Crippen molar-refractivity contribution in [3.05, 3.63) is 0 Å². The van der Waals surface area contributed by atoms with Gasteiger partial charge in [-0.25, -0.2) is 9.59 Å². The lowest BCUT2D eigenvalue weighted by molar-refractivity contribution is -0.139. The van der Waals surface area contributed by atoms with Crippen LogP contribution in [0.3, 0.4) is 0 Å². The maximum atomic E-state index is 11.5. The van der Waals surface area contributed by atoms with Crippen molar-refractivity contribution in [1.29, 1.82) is 0 Å². The third-order valence-corrected chi connectivity index (χ3v) is 3.00. The van der Waals surface area contributed by atoms with E-state index in [1.807, 2.05) is 6.92 Å². The lowest BCUT2D eigenvalue weighted by Crippen LogP contribution is -2.47. The minimum absolute atomic E-state index is 0.154. The lowest BCUT2D eigenvalue weighted by Gasteiger charge is -2.14. The summed E-state index contributed by atoms with van der Waals surface area (Å²) in [5.74, 6) is -0.980. The van der Waals surface area contributed by atoms with Gasteiger partial charge in [0, 0.05) is 6.04 Å². The SMILES string of the molecule is CCC[C@H](NC(=O)NC1CC1(C)C)C(=O)O. The summed E-state index contributed by atoms with van der Waals surface area (Å²) in [7, 11) is 0. The molecule has 0 radical (unpaired) electrons. The summed E-state index contributed by atoms with van der Waals surface area (Å²) in [6, 6.07) is -0.994. The summed E-state index contributed by atoms with van der Waals surface area (Å²) in [6.07, 6.45) is 2.13.